The van der Waals surface area contributed by atoms with Crippen molar-refractivity contribution in [3.05, 3.63) is 119 Å². The first kappa shape index (κ1) is 51.1. The van der Waals surface area contributed by atoms with E-state index in [1.54, 1.807) is 54.6 Å². The lowest BCUT2D eigenvalue weighted by Crippen LogP contribution is -2.82. The van der Waals surface area contributed by atoms with Crippen molar-refractivity contribution in [2.24, 2.45) is 16.7 Å². The van der Waals surface area contributed by atoms with Gasteiger partial charge in [0, 0.05) is 37.7 Å². The molecule has 1 aliphatic heterocycles. The highest BCUT2D eigenvalue weighted by molar-refractivity contribution is 5.96. The third-order valence-corrected chi connectivity index (χ3v) is 14.4. The van der Waals surface area contributed by atoms with Crippen molar-refractivity contribution in [3.63, 3.8) is 0 Å². The topological polar surface area (TPSA) is 285 Å². The third-order valence-electron chi connectivity index (χ3n) is 14.4. The first-order valence-electron chi connectivity index (χ1n) is 22.6. The first-order chi connectivity index (χ1) is 33.0. The second-order valence-electron chi connectivity index (χ2n) is 18.9. The van der Waals surface area contributed by atoms with Crippen molar-refractivity contribution >= 4 is 47.5 Å². The molecular formula is C51H55NO18. The SMILES string of the molecule is CC(=O)O[C@H]1C(=O)[C@@]2(C)C([C@H](OC(=O)c3ccccc3)[C@]3(O)C[C@H](OC(=O)[C@H](OC(=O)C[C@H](O)C(=O)O)[C@@H](NC(=O)c4ccccc4)c4ccccc4)C(C)=C1C3(C)C)[C@]1(OC(C)=O)CO[C@@H]1C[C@@H]2O. The number of aliphatic hydroxyl groups excluding tert-OH is 2. The molecule has 1 amide bonds. The number of fused-ring (bicyclic) bond motifs is 5. The number of esters is 5. The molecule has 1 saturated heterocycles. The van der Waals surface area contributed by atoms with Gasteiger partial charge in [-0.25, -0.2) is 14.4 Å². The summed E-state index contributed by atoms with van der Waals surface area (Å²) in [7, 11) is 0. The number of ketones is 1. The minimum absolute atomic E-state index is 0.00370. The number of hydrogen-bond acceptors (Lipinski definition) is 17. The molecule has 0 radical (unpaired) electrons. The average molecular weight is 970 g/mol. The van der Waals surface area contributed by atoms with Gasteiger partial charge in [-0.1, -0.05) is 80.6 Å². The molecule has 19 heteroatoms. The Morgan fingerprint density at radius 1 is 0.829 bits per heavy atom. The highest BCUT2D eigenvalue weighted by atomic mass is 16.6. The lowest BCUT2D eigenvalue weighted by Gasteiger charge is -2.67. The number of nitrogens with one attached hydrogen (secondary N) is 1. The summed E-state index contributed by atoms with van der Waals surface area (Å²) in [6, 6.07) is 21.6. The van der Waals surface area contributed by atoms with E-state index in [1.165, 1.54) is 64.1 Å². The Kier molecular flexibility index (Phi) is 14.3. The maximum atomic E-state index is 15.7. The summed E-state index contributed by atoms with van der Waals surface area (Å²) in [5.74, 6) is -10.7. The van der Waals surface area contributed by atoms with E-state index < -0.39 is 137 Å². The van der Waals surface area contributed by atoms with Crippen LogP contribution in [0.1, 0.15) is 93.1 Å². The maximum absolute atomic E-state index is 15.7. The van der Waals surface area contributed by atoms with Gasteiger partial charge >= 0.3 is 35.8 Å². The molecule has 3 aliphatic carbocycles. The molecule has 70 heavy (non-hydrogen) atoms. The molecule has 0 aromatic heterocycles. The minimum atomic E-state index is -2.54. The van der Waals surface area contributed by atoms with Gasteiger partial charge in [-0.05, 0) is 54.8 Å². The van der Waals surface area contributed by atoms with E-state index in [0.717, 1.165) is 13.8 Å². The number of benzene rings is 3. The second-order valence-corrected chi connectivity index (χ2v) is 18.9. The Morgan fingerprint density at radius 2 is 1.41 bits per heavy atom. The number of amides is 1. The van der Waals surface area contributed by atoms with Crippen molar-refractivity contribution in [3.8, 4) is 0 Å². The number of carbonyl (C=O) groups excluding carboxylic acids is 7. The predicted molar refractivity (Wildman–Crippen MR) is 240 cm³/mol. The van der Waals surface area contributed by atoms with Crippen LogP contribution in [-0.2, 0) is 57.2 Å². The Morgan fingerprint density at radius 3 is 1.96 bits per heavy atom. The van der Waals surface area contributed by atoms with Gasteiger partial charge < -0.3 is 54.2 Å². The number of Topliss-reactive ketones (excluding diaryl/α,β-unsaturated/α-hetero) is 1. The van der Waals surface area contributed by atoms with Crippen LogP contribution in [0.4, 0.5) is 0 Å². The average Bonchev–Trinajstić information content (AvgIpc) is 3.31. The molecule has 5 N–H and O–H groups in total. The lowest BCUT2D eigenvalue weighted by atomic mass is 9.44. The molecule has 372 valence electrons. The largest absolute Gasteiger partial charge is 0.479 e. The number of carboxylic acids is 1. The number of hydrogen-bond donors (Lipinski definition) is 5. The maximum Gasteiger partial charge on any atom is 0.350 e. The number of carboxylic acid groups (broad SMARTS) is 1. The van der Waals surface area contributed by atoms with Crippen molar-refractivity contribution in [1.29, 1.82) is 0 Å². The molecule has 2 bridgehead atoms. The molecule has 3 fully saturated rings. The first-order valence-corrected chi connectivity index (χ1v) is 22.6. The summed E-state index contributed by atoms with van der Waals surface area (Å²) in [5.41, 5.74) is -8.08. The predicted octanol–water partition coefficient (Wildman–Crippen LogP) is 3.12. The fourth-order valence-electron chi connectivity index (χ4n) is 10.7. The smallest absolute Gasteiger partial charge is 0.350 e. The monoisotopic (exact) mass is 969 g/mol. The van der Waals surface area contributed by atoms with Crippen LogP contribution in [-0.4, -0.2) is 128 Å². The van der Waals surface area contributed by atoms with Crippen molar-refractivity contribution in [1.82, 2.24) is 5.32 Å². The zero-order valence-corrected chi connectivity index (χ0v) is 39.2. The number of carbonyl (C=O) groups is 8. The highest BCUT2D eigenvalue weighted by Gasteiger charge is 2.78. The van der Waals surface area contributed by atoms with Crippen LogP contribution < -0.4 is 5.32 Å². The molecule has 3 aromatic carbocycles. The summed E-state index contributed by atoms with van der Waals surface area (Å²) in [4.78, 5) is 110. The highest BCUT2D eigenvalue weighted by Crippen LogP contribution is 2.64. The van der Waals surface area contributed by atoms with E-state index in [9.17, 15) is 49.2 Å². The quantitative estimate of drug-likeness (QED) is 0.0881. The standard InChI is InChI=1S/C51H55NO18/c1-26-33(67-47(63)40(68-36(57)22-32(55)45(60)61)38(29-16-10-7-11-17-29)52-44(59)30-18-12-8-13-19-30)24-51(64)43(69-46(62)31-20-14-9-15-21-31)41-49(6,34(56)23-35-50(41,25-65-35)70-28(3)54)42(58)39(66-27(2)53)37(26)48(51,4)5/h7-21,32-35,38-41,43,55-56,64H,22-25H2,1-6H3,(H,52,59)(H,60,61)/t32-,33-,34-,35+,38-,39+,40+,41?,43-,49+,50-,51+/m0/s1. The van der Waals surface area contributed by atoms with Crippen LogP contribution in [0.3, 0.4) is 0 Å². The molecule has 0 spiro atoms. The summed E-state index contributed by atoms with van der Waals surface area (Å²) in [6.45, 7) is 7.54. The van der Waals surface area contributed by atoms with Crippen molar-refractivity contribution < 1.29 is 87.2 Å². The molecule has 2 saturated carbocycles. The van der Waals surface area contributed by atoms with Crippen LogP contribution in [0, 0.1) is 16.7 Å². The van der Waals surface area contributed by atoms with Gasteiger partial charge in [0.2, 0.25) is 6.10 Å². The molecule has 1 heterocycles. The van der Waals surface area contributed by atoms with Gasteiger partial charge in [0.25, 0.3) is 5.91 Å². The van der Waals surface area contributed by atoms with Gasteiger partial charge in [0.1, 0.15) is 30.0 Å². The molecule has 7 rings (SSSR count). The lowest BCUT2D eigenvalue weighted by molar-refractivity contribution is -0.346. The Hall–Kier alpha value is -6.80. The van der Waals surface area contributed by atoms with E-state index in [0.29, 0.717) is 0 Å². The van der Waals surface area contributed by atoms with Crippen LogP contribution >= 0.6 is 0 Å². The van der Waals surface area contributed by atoms with Gasteiger partial charge in [0.05, 0.1) is 36.0 Å². The zero-order chi connectivity index (χ0) is 51.1. The summed E-state index contributed by atoms with van der Waals surface area (Å²) in [5, 5.41) is 48.3. The van der Waals surface area contributed by atoms with Gasteiger partial charge in [0.15, 0.2) is 23.6 Å². The van der Waals surface area contributed by atoms with Crippen molar-refractivity contribution in [2.45, 2.75) is 121 Å². The third kappa shape index (κ3) is 9.09. The number of aliphatic carboxylic acids is 1. The van der Waals surface area contributed by atoms with E-state index in [2.05, 4.69) is 5.32 Å². The molecule has 1 unspecified atom stereocenters. The number of aliphatic hydroxyl groups is 3. The number of ether oxygens (including phenoxy) is 6. The number of rotatable bonds is 14. The van der Waals surface area contributed by atoms with Crippen LogP contribution in [0.25, 0.3) is 0 Å². The summed E-state index contributed by atoms with van der Waals surface area (Å²) in [6.07, 6.45) is -14.8. The van der Waals surface area contributed by atoms with Gasteiger partial charge in [-0.15, -0.1) is 0 Å². The Bertz CT molecular complexity index is 2580. The van der Waals surface area contributed by atoms with E-state index in [4.69, 9.17) is 28.4 Å². The normalized spacial score (nSPS) is 29.9. The summed E-state index contributed by atoms with van der Waals surface area (Å²) < 4.78 is 36.1. The van der Waals surface area contributed by atoms with Crippen LogP contribution in [0.15, 0.2) is 102 Å². The van der Waals surface area contributed by atoms with Gasteiger partial charge in [-0.3, -0.25) is 24.0 Å². The minimum Gasteiger partial charge on any atom is -0.479 e. The van der Waals surface area contributed by atoms with Crippen LogP contribution in [0.5, 0.6) is 0 Å². The molecule has 3 aromatic rings. The molecular weight excluding hydrogens is 915 g/mol. The van der Waals surface area contributed by atoms with E-state index in [-0.39, 0.29) is 40.9 Å². The van der Waals surface area contributed by atoms with Crippen LogP contribution in [0.2, 0.25) is 0 Å². The van der Waals surface area contributed by atoms with E-state index in [1.807, 2.05) is 0 Å². The zero-order valence-electron chi connectivity index (χ0n) is 39.2. The Balaban J connectivity index is 1.42. The fraction of sp³-hybridized carbons (Fsp3) is 0.451. The Labute approximate surface area is 402 Å². The second kappa shape index (κ2) is 19.5. The van der Waals surface area contributed by atoms with E-state index >= 15 is 9.59 Å². The molecule has 12 atom stereocenters. The van der Waals surface area contributed by atoms with Crippen molar-refractivity contribution in [2.75, 3.05) is 6.61 Å². The summed E-state index contributed by atoms with van der Waals surface area (Å²) >= 11 is 0. The molecule has 19 nitrogen and oxygen atoms in total. The molecule has 4 aliphatic rings. The van der Waals surface area contributed by atoms with Gasteiger partial charge in [-0.2, -0.15) is 0 Å². The fourth-order valence-corrected chi connectivity index (χ4v) is 10.7.